The average Bonchev–Trinajstić information content (AvgIpc) is 2.18. The Hall–Kier alpha value is -0.860. The summed E-state index contributed by atoms with van der Waals surface area (Å²) in [5.41, 5.74) is 4.15. The van der Waals surface area contributed by atoms with Crippen LogP contribution in [-0.4, -0.2) is 6.61 Å². The van der Waals surface area contributed by atoms with Crippen LogP contribution in [0.1, 0.15) is 37.0 Å². The molecule has 0 amide bonds. The second-order valence-corrected chi connectivity index (χ2v) is 4.82. The van der Waals surface area contributed by atoms with Crippen LogP contribution in [0.2, 0.25) is 0 Å². The summed E-state index contributed by atoms with van der Waals surface area (Å²) in [5, 5.41) is 0. The Morgan fingerprint density at radius 3 is 2.53 bits per heavy atom. The van der Waals surface area contributed by atoms with Gasteiger partial charge < -0.3 is 4.84 Å². The van der Waals surface area contributed by atoms with E-state index in [9.17, 15) is 0 Å². The minimum absolute atomic E-state index is 0.121. The Balaban J connectivity index is 2.97. The average molecular weight is 207 g/mol. The molecule has 0 unspecified atom stereocenters. The van der Waals surface area contributed by atoms with E-state index in [1.165, 1.54) is 16.7 Å². The zero-order chi connectivity index (χ0) is 11.5. The maximum absolute atomic E-state index is 5.08. The summed E-state index contributed by atoms with van der Waals surface area (Å²) in [6.45, 7) is 9.33. The van der Waals surface area contributed by atoms with Gasteiger partial charge in [0.2, 0.25) is 0 Å². The van der Waals surface area contributed by atoms with Crippen LogP contribution in [0.5, 0.6) is 0 Å². The molecule has 0 atom stereocenters. The summed E-state index contributed by atoms with van der Waals surface area (Å²) in [4.78, 5) is 4.67. The van der Waals surface area contributed by atoms with Gasteiger partial charge in [0.25, 0.3) is 0 Å². The smallest absolute Gasteiger partial charge is 0.0687 e. The summed E-state index contributed by atoms with van der Waals surface area (Å²) in [6, 6.07) is 6.58. The lowest BCUT2D eigenvalue weighted by Gasteiger charge is -2.27. The molecule has 0 fully saturated rings. The molecule has 0 spiro atoms. The van der Waals surface area contributed by atoms with Gasteiger partial charge in [0.1, 0.15) is 0 Å². The number of hydrogen-bond acceptors (Lipinski definition) is 2. The van der Waals surface area contributed by atoms with Gasteiger partial charge in [-0.25, -0.2) is 5.90 Å². The van der Waals surface area contributed by atoms with E-state index in [2.05, 4.69) is 50.7 Å². The molecule has 0 aromatic heterocycles. The third-order valence-corrected chi connectivity index (χ3v) is 2.97. The van der Waals surface area contributed by atoms with E-state index in [0.717, 1.165) is 6.42 Å². The van der Waals surface area contributed by atoms with Crippen molar-refractivity contribution in [2.45, 2.75) is 39.5 Å². The van der Waals surface area contributed by atoms with Gasteiger partial charge in [0, 0.05) is 0 Å². The lowest BCUT2D eigenvalue weighted by atomic mass is 9.79. The Kier molecular flexibility index (Phi) is 3.89. The van der Waals surface area contributed by atoms with Crippen LogP contribution in [-0.2, 0) is 10.3 Å². The monoisotopic (exact) mass is 207 g/mol. The molecule has 1 rings (SSSR count). The van der Waals surface area contributed by atoms with Crippen LogP contribution >= 0.6 is 0 Å². The first-order chi connectivity index (χ1) is 6.97. The molecule has 2 N–H and O–H groups in total. The molecular formula is C13H21NO. The van der Waals surface area contributed by atoms with E-state index in [-0.39, 0.29) is 5.41 Å². The van der Waals surface area contributed by atoms with Crippen LogP contribution in [0, 0.1) is 13.8 Å². The summed E-state index contributed by atoms with van der Waals surface area (Å²) < 4.78 is 0. The fraction of sp³-hybridized carbons (Fsp3) is 0.538. The normalized spacial score (nSPS) is 11.8. The van der Waals surface area contributed by atoms with Crippen molar-refractivity contribution in [3.8, 4) is 0 Å². The SMILES string of the molecule is Cc1ccc(C)c(C(C)(C)CCON)c1. The number of aryl methyl sites for hydroxylation is 2. The molecule has 1 aromatic carbocycles. The van der Waals surface area contributed by atoms with Gasteiger partial charge in [-0.1, -0.05) is 37.6 Å². The largest absolute Gasteiger partial charge is 0.305 e. The van der Waals surface area contributed by atoms with E-state index in [1.807, 2.05) is 0 Å². The Morgan fingerprint density at radius 2 is 1.93 bits per heavy atom. The number of hydrogen-bond donors (Lipinski definition) is 1. The minimum atomic E-state index is 0.121. The second-order valence-electron chi connectivity index (χ2n) is 4.82. The lowest BCUT2D eigenvalue weighted by Crippen LogP contribution is -2.22. The molecule has 2 nitrogen and oxygen atoms in total. The number of nitrogens with two attached hydrogens (primary N) is 1. The lowest BCUT2D eigenvalue weighted by molar-refractivity contribution is 0.121. The third-order valence-electron chi connectivity index (χ3n) is 2.97. The van der Waals surface area contributed by atoms with Gasteiger partial charge in [-0.05, 0) is 36.8 Å². The van der Waals surface area contributed by atoms with E-state index in [0.29, 0.717) is 6.61 Å². The van der Waals surface area contributed by atoms with Crippen LogP contribution in [0.25, 0.3) is 0 Å². The first-order valence-corrected chi connectivity index (χ1v) is 5.37. The molecule has 0 bridgehead atoms. The van der Waals surface area contributed by atoms with Gasteiger partial charge in [-0.15, -0.1) is 0 Å². The summed E-state index contributed by atoms with van der Waals surface area (Å²) >= 11 is 0. The highest BCUT2D eigenvalue weighted by Crippen LogP contribution is 2.30. The van der Waals surface area contributed by atoms with Gasteiger partial charge in [-0.2, -0.15) is 0 Å². The van der Waals surface area contributed by atoms with Crippen LogP contribution in [0.15, 0.2) is 18.2 Å². The number of rotatable bonds is 4. The maximum Gasteiger partial charge on any atom is 0.0687 e. The highest BCUT2D eigenvalue weighted by molar-refractivity contribution is 5.35. The minimum Gasteiger partial charge on any atom is -0.305 e. The quantitative estimate of drug-likeness (QED) is 0.770. The zero-order valence-corrected chi connectivity index (χ0v) is 10.1. The van der Waals surface area contributed by atoms with Crippen molar-refractivity contribution in [2.24, 2.45) is 5.90 Å². The highest BCUT2D eigenvalue weighted by atomic mass is 16.6. The fourth-order valence-electron chi connectivity index (χ4n) is 1.91. The van der Waals surface area contributed by atoms with Gasteiger partial charge >= 0.3 is 0 Å². The first-order valence-electron chi connectivity index (χ1n) is 5.37. The summed E-state index contributed by atoms with van der Waals surface area (Å²) in [6.07, 6.45) is 0.938. The van der Waals surface area contributed by atoms with Gasteiger partial charge in [-0.3, -0.25) is 0 Å². The highest BCUT2D eigenvalue weighted by Gasteiger charge is 2.22. The van der Waals surface area contributed by atoms with E-state index in [4.69, 9.17) is 5.90 Å². The van der Waals surface area contributed by atoms with E-state index >= 15 is 0 Å². The predicted octanol–water partition coefficient (Wildman–Crippen LogP) is 2.86. The van der Waals surface area contributed by atoms with Gasteiger partial charge in [0.05, 0.1) is 6.61 Å². The number of benzene rings is 1. The van der Waals surface area contributed by atoms with Crippen molar-refractivity contribution in [1.29, 1.82) is 0 Å². The topological polar surface area (TPSA) is 35.2 Å². The van der Waals surface area contributed by atoms with E-state index < -0.39 is 0 Å². The summed E-state index contributed by atoms with van der Waals surface area (Å²) in [7, 11) is 0. The molecule has 0 saturated carbocycles. The molecule has 0 aliphatic heterocycles. The van der Waals surface area contributed by atoms with Crippen LogP contribution in [0.3, 0.4) is 0 Å². The third kappa shape index (κ3) is 3.05. The van der Waals surface area contributed by atoms with Crippen molar-refractivity contribution in [3.63, 3.8) is 0 Å². The molecule has 1 aromatic rings. The van der Waals surface area contributed by atoms with Crippen molar-refractivity contribution in [2.75, 3.05) is 6.61 Å². The fourth-order valence-corrected chi connectivity index (χ4v) is 1.91. The molecule has 0 radical (unpaired) electrons. The van der Waals surface area contributed by atoms with Crippen molar-refractivity contribution in [1.82, 2.24) is 0 Å². The van der Waals surface area contributed by atoms with Crippen molar-refractivity contribution >= 4 is 0 Å². The molecule has 2 heteroatoms. The molecule has 0 aliphatic rings. The Bertz CT molecular complexity index is 331. The first kappa shape index (κ1) is 12.2. The van der Waals surface area contributed by atoms with Crippen molar-refractivity contribution in [3.05, 3.63) is 34.9 Å². The van der Waals surface area contributed by atoms with Crippen molar-refractivity contribution < 1.29 is 4.84 Å². The maximum atomic E-state index is 5.08. The molecule has 15 heavy (non-hydrogen) atoms. The Morgan fingerprint density at radius 1 is 1.27 bits per heavy atom. The molecule has 0 saturated heterocycles. The van der Waals surface area contributed by atoms with E-state index in [1.54, 1.807) is 0 Å². The standard InChI is InChI=1S/C13H21NO/c1-10-5-6-11(2)12(9-10)13(3,4)7-8-15-14/h5-6,9H,7-8,14H2,1-4H3. The van der Waals surface area contributed by atoms with Gasteiger partial charge in [0.15, 0.2) is 0 Å². The second kappa shape index (κ2) is 4.77. The molecule has 84 valence electrons. The zero-order valence-electron chi connectivity index (χ0n) is 10.1. The van der Waals surface area contributed by atoms with Crippen LogP contribution in [0.4, 0.5) is 0 Å². The molecule has 0 heterocycles. The van der Waals surface area contributed by atoms with Crippen LogP contribution < -0.4 is 5.90 Å². The summed E-state index contributed by atoms with van der Waals surface area (Å²) in [5.74, 6) is 5.08. The molecule has 0 aliphatic carbocycles. The molecular weight excluding hydrogens is 186 g/mol. The Labute approximate surface area is 92.4 Å². The predicted molar refractivity (Wildman–Crippen MR) is 63.7 cm³/mol.